The van der Waals surface area contributed by atoms with Gasteiger partial charge >= 0.3 is 0 Å². The molecular weight excluding hydrogens is 263 g/mol. The van der Waals surface area contributed by atoms with Crippen LogP contribution in [0, 0.1) is 5.82 Å². The average molecular weight is 278 g/mol. The molecule has 0 aliphatic carbocycles. The fraction of sp³-hybridized carbons (Fsp3) is 0.200. The molecule has 2 nitrogen and oxygen atoms in total. The first-order valence-corrected chi connectivity index (χ1v) is 6.72. The third-order valence-corrected chi connectivity index (χ3v) is 3.92. The molecule has 0 unspecified atom stereocenters. The third kappa shape index (κ3) is 3.08. The Balaban J connectivity index is 2.43. The van der Waals surface area contributed by atoms with Gasteiger partial charge in [0.15, 0.2) is 0 Å². The van der Waals surface area contributed by atoms with Crippen molar-refractivity contribution in [3.63, 3.8) is 0 Å². The Bertz CT molecular complexity index is 570. The molecule has 0 aliphatic heterocycles. The summed E-state index contributed by atoms with van der Waals surface area (Å²) < 4.78 is 19.2. The summed E-state index contributed by atoms with van der Waals surface area (Å²) in [4.78, 5) is 1.25. The first-order valence-electron chi connectivity index (χ1n) is 5.91. The molecule has 1 N–H and O–H groups in total. The summed E-state index contributed by atoms with van der Waals surface area (Å²) in [7, 11) is 1.58. The maximum atomic E-state index is 14.0. The lowest BCUT2D eigenvalue weighted by Crippen LogP contribution is -1.97. The topological polar surface area (TPSA) is 29.5 Å². The number of hydrogen-bond donors (Lipinski definition) is 1. The first-order chi connectivity index (χ1) is 9.13. The Morgan fingerprint density at radius 3 is 2.58 bits per heavy atom. The lowest BCUT2D eigenvalue weighted by Gasteiger charge is -2.14. The van der Waals surface area contributed by atoms with Gasteiger partial charge in [-0.1, -0.05) is 36.0 Å². The van der Waals surface area contributed by atoms with Gasteiger partial charge in [0, 0.05) is 0 Å². The molecular formula is C15H15FO2S. The standard InChI is InChI=1S/C15H15FO2S/c1-10(17)11-6-5-7-12(16)15(11)19-14-9-4-3-8-13(14)18-2/h3-10,17H,1-2H3/t10-/m1/s1. The van der Waals surface area contributed by atoms with E-state index in [0.717, 1.165) is 4.90 Å². The van der Waals surface area contributed by atoms with Crippen molar-refractivity contribution in [2.75, 3.05) is 7.11 Å². The van der Waals surface area contributed by atoms with Crippen LogP contribution in [0.1, 0.15) is 18.6 Å². The number of halogens is 1. The summed E-state index contributed by atoms with van der Waals surface area (Å²) in [6, 6.07) is 12.1. The van der Waals surface area contributed by atoms with E-state index in [1.54, 1.807) is 26.2 Å². The number of aliphatic hydroxyl groups excluding tert-OH is 1. The zero-order valence-corrected chi connectivity index (χ0v) is 11.6. The summed E-state index contributed by atoms with van der Waals surface area (Å²) in [6.45, 7) is 1.63. The number of hydrogen-bond acceptors (Lipinski definition) is 3. The lowest BCUT2D eigenvalue weighted by molar-refractivity contribution is 0.195. The van der Waals surface area contributed by atoms with Crippen molar-refractivity contribution in [1.29, 1.82) is 0 Å². The van der Waals surface area contributed by atoms with Crippen LogP contribution in [0.4, 0.5) is 4.39 Å². The Hall–Kier alpha value is -1.52. The molecule has 0 amide bonds. The summed E-state index contributed by atoms with van der Waals surface area (Å²) >= 11 is 1.26. The summed E-state index contributed by atoms with van der Waals surface area (Å²) in [5, 5.41) is 9.72. The van der Waals surface area contributed by atoms with Gasteiger partial charge < -0.3 is 9.84 Å². The highest BCUT2D eigenvalue weighted by Gasteiger charge is 2.15. The predicted molar refractivity (Wildman–Crippen MR) is 74.2 cm³/mol. The molecule has 19 heavy (non-hydrogen) atoms. The maximum absolute atomic E-state index is 14.0. The Morgan fingerprint density at radius 1 is 1.16 bits per heavy atom. The van der Waals surface area contributed by atoms with E-state index in [1.165, 1.54) is 17.8 Å². The Kier molecular flexibility index (Phi) is 4.45. The molecule has 0 fully saturated rings. The van der Waals surface area contributed by atoms with Crippen LogP contribution in [-0.4, -0.2) is 12.2 Å². The van der Waals surface area contributed by atoms with Crippen molar-refractivity contribution in [3.8, 4) is 5.75 Å². The predicted octanol–water partition coefficient (Wildman–Crippen LogP) is 4.04. The average Bonchev–Trinajstić information content (AvgIpc) is 2.41. The van der Waals surface area contributed by atoms with Crippen LogP contribution in [0.25, 0.3) is 0 Å². The van der Waals surface area contributed by atoms with Crippen molar-refractivity contribution in [1.82, 2.24) is 0 Å². The molecule has 2 aromatic carbocycles. The molecule has 4 heteroatoms. The van der Waals surface area contributed by atoms with Crippen LogP contribution < -0.4 is 4.74 Å². The van der Waals surface area contributed by atoms with Gasteiger partial charge in [0.05, 0.1) is 23.0 Å². The van der Waals surface area contributed by atoms with Crippen LogP contribution >= 0.6 is 11.8 Å². The van der Waals surface area contributed by atoms with Gasteiger partial charge in [0.2, 0.25) is 0 Å². The number of aliphatic hydroxyl groups is 1. The number of ether oxygens (including phenoxy) is 1. The molecule has 0 spiro atoms. The normalized spacial score (nSPS) is 12.2. The lowest BCUT2D eigenvalue weighted by atomic mass is 10.1. The van der Waals surface area contributed by atoms with E-state index in [9.17, 15) is 9.50 Å². The highest BCUT2D eigenvalue weighted by Crippen LogP contribution is 2.39. The van der Waals surface area contributed by atoms with Gasteiger partial charge in [-0.3, -0.25) is 0 Å². The van der Waals surface area contributed by atoms with E-state index >= 15 is 0 Å². The summed E-state index contributed by atoms with van der Waals surface area (Å²) in [5.41, 5.74) is 0.580. The zero-order valence-electron chi connectivity index (χ0n) is 10.8. The highest BCUT2D eigenvalue weighted by atomic mass is 32.2. The van der Waals surface area contributed by atoms with Crippen LogP contribution in [-0.2, 0) is 0 Å². The largest absolute Gasteiger partial charge is 0.496 e. The summed E-state index contributed by atoms with van der Waals surface area (Å²) in [6.07, 6.45) is -0.715. The quantitative estimate of drug-likeness (QED) is 0.915. The van der Waals surface area contributed by atoms with E-state index in [-0.39, 0.29) is 5.82 Å². The third-order valence-electron chi connectivity index (χ3n) is 2.73. The van der Waals surface area contributed by atoms with Crippen LogP contribution in [0.15, 0.2) is 52.3 Å². The monoisotopic (exact) mass is 278 g/mol. The molecule has 0 aromatic heterocycles. The Morgan fingerprint density at radius 2 is 1.89 bits per heavy atom. The smallest absolute Gasteiger partial charge is 0.137 e. The second kappa shape index (κ2) is 6.08. The van der Waals surface area contributed by atoms with Gasteiger partial charge in [-0.25, -0.2) is 4.39 Å². The molecule has 0 heterocycles. The van der Waals surface area contributed by atoms with Gasteiger partial charge in [0.1, 0.15) is 11.6 Å². The molecule has 0 saturated heterocycles. The van der Waals surface area contributed by atoms with Gasteiger partial charge in [-0.2, -0.15) is 0 Å². The maximum Gasteiger partial charge on any atom is 0.137 e. The van der Waals surface area contributed by atoms with Crippen molar-refractivity contribution in [3.05, 3.63) is 53.8 Å². The van der Waals surface area contributed by atoms with E-state index in [1.807, 2.05) is 24.3 Å². The molecule has 2 rings (SSSR count). The fourth-order valence-electron chi connectivity index (χ4n) is 1.78. The number of para-hydroxylation sites is 1. The Labute approximate surface area is 116 Å². The van der Waals surface area contributed by atoms with Gasteiger partial charge in [-0.05, 0) is 30.7 Å². The number of rotatable bonds is 4. The van der Waals surface area contributed by atoms with Gasteiger partial charge in [-0.15, -0.1) is 0 Å². The molecule has 0 saturated carbocycles. The van der Waals surface area contributed by atoms with Crippen molar-refractivity contribution in [2.45, 2.75) is 22.8 Å². The molecule has 0 bridgehead atoms. The van der Waals surface area contributed by atoms with Crippen LogP contribution in [0.3, 0.4) is 0 Å². The SMILES string of the molecule is COc1ccccc1Sc1c(F)cccc1[C@@H](C)O. The fourth-order valence-corrected chi connectivity index (χ4v) is 2.92. The molecule has 2 aromatic rings. The van der Waals surface area contributed by atoms with Crippen molar-refractivity contribution >= 4 is 11.8 Å². The van der Waals surface area contributed by atoms with E-state index < -0.39 is 6.10 Å². The molecule has 100 valence electrons. The number of benzene rings is 2. The van der Waals surface area contributed by atoms with E-state index in [2.05, 4.69) is 0 Å². The molecule has 0 radical (unpaired) electrons. The molecule has 1 atom stereocenters. The minimum Gasteiger partial charge on any atom is -0.496 e. The second-order valence-corrected chi connectivity index (χ2v) is 5.14. The molecule has 0 aliphatic rings. The van der Waals surface area contributed by atoms with E-state index in [4.69, 9.17) is 4.74 Å². The van der Waals surface area contributed by atoms with Crippen LogP contribution in [0.5, 0.6) is 5.75 Å². The number of methoxy groups -OCH3 is 1. The summed E-state index contributed by atoms with van der Waals surface area (Å²) in [5.74, 6) is 0.349. The van der Waals surface area contributed by atoms with Crippen LogP contribution in [0.2, 0.25) is 0 Å². The van der Waals surface area contributed by atoms with Gasteiger partial charge in [0.25, 0.3) is 0 Å². The van der Waals surface area contributed by atoms with Crippen molar-refractivity contribution < 1.29 is 14.2 Å². The zero-order chi connectivity index (χ0) is 13.8. The minimum absolute atomic E-state index is 0.339. The van der Waals surface area contributed by atoms with Crippen molar-refractivity contribution in [2.24, 2.45) is 0 Å². The second-order valence-electron chi connectivity index (χ2n) is 4.09. The minimum atomic E-state index is -0.715. The van der Waals surface area contributed by atoms with E-state index in [0.29, 0.717) is 16.2 Å². The highest BCUT2D eigenvalue weighted by molar-refractivity contribution is 7.99. The first kappa shape index (κ1) is 13.9.